The normalized spacial score (nSPS) is 10.3. The lowest BCUT2D eigenvalue weighted by molar-refractivity contribution is 0.0962. The monoisotopic (exact) mass is 207 g/mol. The molecule has 0 bridgehead atoms. The first kappa shape index (κ1) is 11.9. The van der Waals surface area contributed by atoms with Crippen molar-refractivity contribution in [1.82, 2.24) is 4.98 Å². The summed E-state index contributed by atoms with van der Waals surface area (Å²) in [4.78, 5) is 15.8. The molecule has 0 spiro atoms. The first-order chi connectivity index (χ1) is 7.29. The second-order valence-electron chi connectivity index (χ2n) is 3.41. The van der Waals surface area contributed by atoms with Crippen LogP contribution in [0.3, 0.4) is 0 Å². The van der Waals surface area contributed by atoms with Gasteiger partial charge in [-0.15, -0.1) is 0 Å². The van der Waals surface area contributed by atoms with Crippen LogP contribution in [0.25, 0.3) is 0 Å². The van der Waals surface area contributed by atoms with Crippen LogP contribution in [0.5, 0.6) is 0 Å². The second kappa shape index (κ2) is 6.30. The molecular formula is C12H17NO2. The first-order valence-corrected chi connectivity index (χ1v) is 5.24. The fraction of sp³-hybridized carbons (Fsp3) is 0.500. The Balaban J connectivity index is 2.64. The molecule has 0 aliphatic carbocycles. The molecule has 3 nitrogen and oxygen atoms in total. The number of hydrogen-bond acceptors (Lipinski definition) is 3. The molecule has 0 saturated heterocycles. The van der Waals surface area contributed by atoms with Crippen LogP contribution in [0.15, 0.2) is 18.5 Å². The molecule has 82 valence electrons. The lowest BCUT2D eigenvalue weighted by atomic mass is 10.0. The van der Waals surface area contributed by atoms with Gasteiger partial charge in [0, 0.05) is 38.1 Å². The Bertz CT molecular complexity index is 323. The summed E-state index contributed by atoms with van der Waals surface area (Å²) in [6.45, 7) is 2.67. The number of methoxy groups -OCH3 is 1. The summed E-state index contributed by atoms with van der Waals surface area (Å²) in [7, 11) is 1.65. The van der Waals surface area contributed by atoms with Crippen LogP contribution >= 0.6 is 0 Å². The van der Waals surface area contributed by atoms with E-state index in [2.05, 4.69) is 4.98 Å². The Labute approximate surface area is 90.5 Å². The highest BCUT2D eigenvalue weighted by molar-refractivity contribution is 5.97. The van der Waals surface area contributed by atoms with Crippen molar-refractivity contribution in [2.75, 3.05) is 13.7 Å². The van der Waals surface area contributed by atoms with Gasteiger partial charge in [0.05, 0.1) is 0 Å². The number of aryl methyl sites for hydroxylation is 1. The molecule has 0 unspecified atom stereocenters. The summed E-state index contributed by atoms with van der Waals surface area (Å²) < 4.78 is 4.92. The van der Waals surface area contributed by atoms with Crippen molar-refractivity contribution in [3.63, 3.8) is 0 Å². The summed E-state index contributed by atoms with van der Waals surface area (Å²) in [6.07, 6.45) is 5.61. The Kier molecular flexibility index (Phi) is 4.98. The third-order valence-corrected chi connectivity index (χ3v) is 2.34. The number of nitrogens with zero attached hydrogens (tertiary/aromatic N) is 1. The van der Waals surface area contributed by atoms with Crippen molar-refractivity contribution < 1.29 is 9.53 Å². The number of carbonyl (C=O) groups excluding carboxylic acids is 1. The van der Waals surface area contributed by atoms with E-state index in [1.54, 1.807) is 25.6 Å². The van der Waals surface area contributed by atoms with Gasteiger partial charge in [-0.3, -0.25) is 9.78 Å². The second-order valence-corrected chi connectivity index (χ2v) is 3.41. The summed E-state index contributed by atoms with van der Waals surface area (Å²) in [5.74, 6) is 0.186. The van der Waals surface area contributed by atoms with Crippen LogP contribution in [-0.4, -0.2) is 24.5 Å². The van der Waals surface area contributed by atoms with Gasteiger partial charge in [0.1, 0.15) is 0 Å². The number of aromatic nitrogens is 1. The SMILES string of the molecule is CCc1cnccc1C(=O)CCCOC. The molecule has 0 atom stereocenters. The number of carbonyl (C=O) groups is 1. The average molecular weight is 207 g/mol. The minimum atomic E-state index is 0.186. The number of hydrogen-bond donors (Lipinski definition) is 0. The largest absolute Gasteiger partial charge is 0.385 e. The summed E-state index contributed by atoms with van der Waals surface area (Å²) in [5, 5.41) is 0. The van der Waals surface area contributed by atoms with Crippen LogP contribution in [0.1, 0.15) is 35.7 Å². The fourth-order valence-electron chi connectivity index (χ4n) is 1.49. The number of ketones is 1. The fourth-order valence-corrected chi connectivity index (χ4v) is 1.49. The Morgan fingerprint density at radius 2 is 2.33 bits per heavy atom. The number of Topliss-reactive ketones (excluding diaryl/α,β-unsaturated/α-hetero) is 1. The quantitative estimate of drug-likeness (QED) is 0.530. The molecule has 0 fully saturated rings. The standard InChI is InChI=1S/C12H17NO2/c1-3-10-9-13-7-6-11(10)12(14)5-4-8-15-2/h6-7,9H,3-5,8H2,1-2H3. The van der Waals surface area contributed by atoms with E-state index in [1.165, 1.54) is 0 Å². The molecule has 3 heteroatoms. The van der Waals surface area contributed by atoms with Gasteiger partial charge in [-0.1, -0.05) is 6.92 Å². The molecular weight excluding hydrogens is 190 g/mol. The Morgan fingerprint density at radius 1 is 1.53 bits per heavy atom. The maximum atomic E-state index is 11.8. The van der Waals surface area contributed by atoms with E-state index in [0.29, 0.717) is 13.0 Å². The highest BCUT2D eigenvalue weighted by atomic mass is 16.5. The van der Waals surface area contributed by atoms with Crippen molar-refractivity contribution in [3.05, 3.63) is 29.6 Å². The van der Waals surface area contributed by atoms with E-state index >= 15 is 0 Å². The van der Waals surface area contributed by atoms with E-state index in [9.17, 15) is 4.79 Å². The molecule has 0 N–H and O–H groups in total. The van der Waals surface area contributed by atoms with Crippen molar-refractivity contribution in [1.29, 1.82) is 0 Å². The summed E-state index contributed by atoms with van der Waals surface area (Å²) in [5.41, 5.74) is 1.84. The topological polar surface area (TPSA) is 39.2 Å². The van der Waals surface area contributed by atoms with E-state index in [4.69, 9.17) is 4.74 Å². The van der Waals surface area contributed by atoms with E-state index < -0.39 is 0 Å². The van der Waals surface area contributed by atoms with Crippen molar-refractivity contribution >= 4 is 5.78 Å². The lowest BCUT2D eigenvalue weighted by Gasteiger charge is -2.05. The van der Waals surface area contributed by atoms with Gasteiger partial charge in [0.2, 0.25) is 0 Å². The zero-order valence-electron chi connectivity index (χ0n) is 9.32. The summed E-state index contributed by atoms with van der Waals surface area (Å²) >= 11 is 0. The molecule has 15 heavy (non-hydrogen) atoms. The zero-order valence-corrected chi connectivity index (χ0v) is 9.32. The predicted molar refractivity (Wildman–Crippen MR) is 59.1 cm³/mol. The zero-order chi connectivity index (χ0) is 11.1. The maximum Gasteiger partial charge on any atom is 0.163 e. The van der Waals surface area contributed by atoms with Crippen LogP contribution in [0.4, 0.5) is 0 Å². The molecule has 1 aromatic heterocycles. The number of ether oxygens (including phenoxy) is 1. The first-order valence-electron chi connectivity index (χ1n) is 5.24. The van der Waals surface area contributed by atoms with Gasteiger partial charge in [-0.2, -0.15) is 0 Å². The summed E-state index contributed by atoms with van der Waals surface area (Å²) in [6, 6.07) is 1.80. The highest BCUT2D eigenvalue weighted by Crippen LogP contribution is 2.11. The number of pyridine rings is 1. The minimum Gasteiger partial charge on any atom is -0.385 e. The van der Waals surface area contributed by atoms with Crippen LogP contribution in [0.2, 0.25) is 0 Å². The van der Waals surface area contributed by atoms with Crippen molar-refractivity contribution in [3.8, 4) is 0 Å². The van der Waals surface area contributed by atoms with Gasteiger partial charge >= 0.3 is 0 Å². The molecule has 0 aromatic carbocycles. The van der Waals surface area contributed by atoms with E-state index in [0.717, 1.165) is 24.0 Å². The van der Waals surface area contributed by atoms with E-state index in [1.807, 2.05) is 6.92 Å². The smallest absolute Gasteiger partial charge is 0.163 e. The van der Waals surface area contributed by atoms with Crippen LogP contribution in [0, 0.1) is 0 Å². The minimum absolute atomic E-state index is 0.186. The van der Waals surface area contributed by atoms with Crippen molar-refractivity contribution in [2.24, 2.45) is 0 Å². The van der Waals surface area contributed by atoms with Gasteiger partial charge in [0.25, 0.3) is 0 Å². The van der Waals surface area contributed by atoms with Gasteiger partial charge in [-0.05, 0) is 24.5 Å². The number of rotatable bonds is 6. The Hall–Kier alpha value is -1.22. The Morgan fingerprint density at radius 3 is 3.00 bits per heavy atom. The molecule has 0 aliphatic rings. The lowest BCUT2D eigenvalue weighted by Crippen LogP contribution is -2.05. The average Bonchev–Trinajstić information content (AvgIpc) is 2.29. The molecule has 0 radical (unpaired) electrons. The van der Waals surface area contributed by atoms with Gasteiger partial charge in [0.15, 0.2) is 5.78 Å². The molecule has 1 aromatic rings. The molecule has 0 saturated carbocycles. The molecule has 0 amide bonds. The van der Waals surface area contributed by atoms with Crippen LogP contribution in [-0.2, 0) is 11.2 Å². The molecule has 1 rings (SSSR count). The van der Waals surface area contributed by atoms with Crippen molar-refractivity contribution in [2.45, 2.75) is 26.2 Å². The molecule has 0 aliphatic heterocycles. The van der Waals surface area contributed by atoms with Gasteiger partial charge in [-0.25, -0.2) is 0 Å². The third kappa shape index (κ3) is 3.44. The van der Waals surface area contributed by atoms with Crippen LogP contribution < -0.4 is 0 Å². The predicted octanol–water partition coefficient (Wildman–Crippen LogP) is 2.25. The highest BCUT2D eigenvalue weighted by Gasteiger charge is 2.09. The third-order valence-electron chi connectivity index (χ3n) is 2.34. The maximum absolute atomic E-state index is 11.8. The van der Waals surface area contributed by atoms with Gasteiger partial charge < -0.3 is 4.74 Å². The van der Waals surface area contributed by atoms with E-state index in [-0.39, 0.29) is 5.78 Å². The molecule has 1 heterocycles.